The molecule has 1 aromatic rings. The summed E-state index contributed by atoms with van der Waals surface area (Å²) in [5.74, 6) is -0.434. The Labute approximate surface area is 89.4 Å². The fourth-order valence-corrected chi connectivity index (χ4v) is 2.77. The second-order valence-corrected chi connectivity index (χ2v) is 5.37. The van der Waals surface area contributed by atoms with Gasteiger partial charge in [0.2, 0.25) is 10.0 Å². The molecule has 0 amide bonds. The van der Waals surface area contributed by atoms with Crippen LogP contribution in [-0.4, -0.2) is 14.5 Å². The van der Waals surface area contributed by atoms with E-state index in [1.54, 1.807) is 20.8 Å². The van der Waals surface area contributed by atoms with Crippen molar-refractivity contribution >= 4 is 10.0 Å². The Morgan fingerprint density at radius 1 is 1.33 bits per heavy atom. The summed E-state index contributed by atoms with van der Waals surface area (Å²) in [4.78, 5) is 0.123. The SMILES string of the molecule is Cc1cc(F)ccc1S(=O)(=O)NC(C)C. The first-order valence-electron chi connectivity index (χ1n) is 4.61. The molecule has 0 heterocycles. The first-order valence-corrected chi connectivity index (χ1v) is 6.10. The molecule has 0 saturated heterocycles. The van der Waals surface area contributed by atoms with Gasteiger partial charge in [-0.15, -0.1) is 0 Å². The summed E-state index contributed by atoms with van der Waals surface area (Å²) >= 11 is 0. The Morgan fingerprint density at radius 2 is 1.93 bits per heavy atom. The third-order valence-corrected chi connectivity index (χ3v) is 3.64. The van der Waals surface area contributed by atoms with Crippen LogP contribution < -0.4 is 4.72 Å². The first-order chi connectivity index (χ1) is 6.83. The van der Waals surface area contributed by atoms with Gasteiger partial charge in [0.15, 0.2) is 0 Å². The standard InChI is InChI=1S/C10H14FNO2S/c1-7(2)12-15(13,14)10-5-4-9(11)6-8(10)3/h4-7,12H,1-3H3. The van der Waals surface area contributed by atoms with Crippen LogP contribution in [0.3, 0.4) is 0 Å². The van der Waals surface area contributed by atoms with E-state index in [0.717, 1.165) is 6.07 Å². The molecule has 84 valence electrons. The molecule has 0 spiro atoms. The molecule has 0 radical (unpaired) electrons. The van der Waals surface area contributed by atoms with E-state index in [4.69, 9.17) is 0 Å². The summed E-state index contributed by atoms with van der Waals surface area (Å²) < 4.78 is 38.7. The van der Waals surface area contributed by atoms with E-state index >= 15 is 0 Å². The van der Waals surface area contributed by atoms with E-state index in [0.29, 0.717) is 5.56 Å². The van der Waals surface area contributed by atoms with Crippen LogP contribution in [0.5, 0.6) is 0 Å². The number of hydrogen-bond donors (Lipinski definition) is 1. The smallest absolute Gasteiger partial charge is 0.209 e. The average molecular weight is 231 g/mol. The number of sulfonamides is 1. The summed E-state index contributed by atoms with van der Waals surface area (Å²) in [7, 11) is -3.52. The maximum atomic E-state index is 12.8. The first kappa shape index (κ1) is 12.1. The van der Waals surface area contributed by atoms with Crippen molar-refractivity contribution in [2.24, 2.45) is 0 Å². The molecule has 0 aliphatic rings. The lowest BCUT2D eigenvalue weighted by Gasteiger charge is -2.11. The molecule has 5 heteroatoms. The van der Waals surface area contributed by atoms with Gasteiger partial charge in [0.25, 0.3) is 0 Å². The van der Waals surface area contributed by atoms with Gasteiger partial charge in [-0.05, 0) is 44.5 Å². The van der Waals surface area contributed by atoms with Gasteiger partial charge in [-0.3, -0.25) is 0 Å². The quantitative estimate of drug-likeness (QED) is 0.862. The minimum atomic E-state index is -3.52. The Kier molecular flexibility index (Phi) is 3.46. The normalized spacial score (nSPS) is 12.1. The maximum Gasteiger partial charge on any atom is 0.241 e. The molecule has 3 nitrogen and oxygen atoms in total. The Morgan fingerprint density at radius 3 is 2.40 bits per heavy atom. The van der Waals surface area contributed by atoms with Crippen LogP contribution in [0.4, 0.5) is 4.39 Å². The van der Waals surface area contributed by atoms with Crippen LogP contribution in [0, 0.1) is 12.7 Å². The molecule has 0 aliphatic carbocycles. The third-order valence-electron chi connectivity index (χ3n) is 1.82. The summed E-state index contributed by atoms with van der Waals surface area (Å²) in [6.07, 6.45) is 0. The molecule has 0 fully saturated rings. The van der Waals surface area contributed by atoms with E-state index < -0.39 is 15.8 Å². The summed E-state index contributed by atoms with van der Waals surface area (Å²) in [5.41, 5.74) is 0.406. The van der Waals surface area contributed by atoms with Crippen LogP contribution in [0.15, 0.2) is 23.1 Å². The molecular formula is C10H14FNO2S. The monoisotopic (exact) mass is 231 g/mol. The predicted molar refractivity (Wildman–Crippen MR) is 56.6 cm³/mol. The van der Waals surface area contributed by atoms with Crippen molar-refractivity contribution in [2.45, 2.75) is 31.7 Å². The van der Waals surface area contributed by atoms with Gasteiger partial charge in [-0.2, -0.15) is 0 Å². The van der Waals surface area contributed by atoms with Crippen molar-refractivity contribution in [3.05, 3.63) is 29.6 Å². The molecule has 0 aliphatic heterocycles. The highest BCUT2D eigenvalue weighted by Gasteiger charge is 2.17. The lowest BCUT2D eigenvalue weighted by Crippen LogP contribution is -2.30. The zero-order valence-corrected chi connectivity index (χ0v) is 9.73. The predicted octanol–water partition coefficient (Wildman–Crippen LogP) is 1.82. The highest BCUT2D eigenvalue weighted by Crippen LogP contribution is 2.16. The molecule has 1 rings (SSSR count). The second-order valence-electron chi connectivity index (χ2n) is 3.69. The van der Waals surface area contributed by atoms with Gasteiger partial charge in [0.1, 0.15) is 5.82 Å². The van der Waals surface area contributed by atoms with Crippen molar-refractivity contribution < 1.29 is 12.8 Å². The third kappa shape index (κ3) is 3.00. The number of halogens is 1. The second kappa shape index (κ2) is 4.28. The summed E-state index contributed by atoms with van der Waals surface area (Å²) in [5, 5.41) is 0. The zero-order chi connectivity index (χ0) is 11.6. The largest absolute Gasteiger partial charge is 0.241 e. The molecule has 1 N–H and O–H groups in total. The van der Waals surface area contributed by atoms with Crippen LogP contribution in [0.25, 0.3) is 0 Å². The minimum absolute atomic E-state index is 0.123. The van der Waals surface area contributed by atoms with Crippen molar-refractivity contribution in [3.8, 4) is 0 Å². The van der Waals surface area contributed by atoms with Gasteiger partial charge in [0, 0.05) is 6.04 Å². The van der Waals surface area contributed by atoms with Crippen LogP contribution in [0.2, 0.25) is 0 Å². The molecular weight excluding hydrogens is 217 g/mol. The highest BCUT2D eigenvalue weighted by atomic mass is 32.2. The van der Waals surface area contributed by atoms with Crippen molar-refractivity contribution in [2.75, 3.05) is 0 Å². The Balaban J connectivity index is 3.16. The fraction of sp³-hybridized carbons (Fsp3) is 0.400. The minimum Gasteiger partial charge on any atom is -0.209 e. The van der Waals surface area contributed by atoms with Gasteiger partial charge >= 0.3 is 0 Å². The van der Waals surface area contributed by atoms with Crippen LogP contribution in [-0.2, 0) is 10.0 Å². The average Bonchev–Trinajstić information content (AvgIpc) is 1.99. The summed E-state index contributed by atoms with van der Waals surface area (Å²) in [6.45, 7) is 5.03. The molecule has 0 bridgehead atoms. The molecule has 15 heavy (non-hydrogen) atoms. The number of benzene rings is 1. The molecule has 0 atom stereocenters. The van der Waals surface area contributed by atoms with Crippen LogP contribution >= 0.6 is 0 Å². The van der Waals surface area contributed by atoms with Crippen molar-refractivity contribution in [1.29, 1.82) is 0 Å². The van der Waals surface area contributed by atoms with Gasteiger partial charge < -0.3 is 0 Å². The Bertz CT molecular complexity index is 454. The lowest BCUT2D eigenvalue weighted by atomic mass is 10.2. The van der Waals surface area contributed by atoms with Crippen molar-refractivity contribution in [3.63, 3.8) is 0 Å². The van der Waals surface area contributed by atoms with E-state index in [1.165, 1.54) is 12.1 Å². The highest BCUT2D eigenvalue weighted by molar-refractivity contribution is 7.89. The number of aryl methyl sites for hydroxylation is 1. The van der Waals surface area contributed by atoms with E-state index in [1.807, 2.05) is 0 Å². The van der Waals surface area contributed by atoms with Crippen LogP contribution in [0.1, 0.15) is 19.4 Å². The zero-order valence-electron chi connectivity index (χ0n) is 8.91. The van der Waals surface area contributed by atoms with Gasteiger partial charge in [0.05, 0.1) is 4.90 Å². The maximum absolute atomic E-state index is 12.8. The Hall–Kier alpha value is -0.940. The number of hydrogen-bond acceptors (Lipinski definition) is 2. The van der Waals surface area contributed by atoms with E-state index in [-0.39, 0.29) is 10.9 Å². The van der Waals surface area contributed by atoms with Gasteiger partial charge in [-0.25, -0.2) is 17.5 Å². The van der Waals surface area contributed by atoms with E-state index in [2.05, 4.69) is 4.72 Å². The lowest BCUT2D eigenvalue weighted by molar-refractivity contribution is 0.568. The summed E-state index contributed by atoms with van der Waals surface area (Å²) in [6, 6.07) is 3.44. The topological polar surface area (TPSA) is 46.2 Å². The molecule has 1 aromatic carbocycles. The molecule has 0 unspecified atom stereocenters. The van der Waals surface area contributed by atoms with Crippen molar-refractivity contribution in [1.82, 2.24) is 4.72 Å². The van der Waals surface area contributed by atoms with Gasteiger partial charge in [-0.1, -0.05) is 0 Å². The fourth-order valence-electron chi connectivity index (χ4n) is 1.29. The number of nitrogens with one attached hydrogen (secondary N) is 1. The number of rotatable bonds is 3. The van der Waals surface area contributed by atoms with E-state index in [9.17, 15) is 12.8 Å². The molecule has 0 aromatic heterocycles. The molecule has 0 saturated carbocycles.